The molecule has 4 nitrogen and oxygen atoms in total. The Bertz CT molecular complexity index is 785. The number of carbonyl (C=O) groups is 1. The first-order chi connectivity index (χ1) is 13.2. The number of piperidine rings is 1. The largest absolute Gasteiger partial charge is 0.497 e. The summed E-state index contributed by atoms with van der Waals surface area (Å²) in [6, 6.07) is 16.2. The zero-order valence-electron chi connectivity index (χ0n) is 15.8. The van der Waals surface area contributed by atoms with Gasteiger partial charge in [0, 0.05) is 29.5 Å². The van der Waals surface area contributed by atoms with Crippen molar-refractivity contribution in [1.82, 2.24) is 4.90 Å². The van der Waals surface area contributed by atoms with Gasteiger partial charge in [-0.25, -0.2) is 0 Å². The maximum atomic E-state index is 12.7. The van der Waals surface area contributed by atoms with Crippen molar-refractivity contribution >= 4 is 23.2 Å². The van der Waals surface area contributed by atoms with Gasteiger partial charge >= 0.3 is 0 Å². The van der Waals surface area contributed by atoms with Gasteiger partial charge in [0.15, 0.2) is 5.78 Å². The van der Waals surface area contributed by atoms with Gasteiger partial charge in [-0.15, -0.1) is 11.8 Å². The summed E-state index contributed by atoms with van der Waals surface area (Å²) in [5, 5.41) is 0. The van der Waals surface area contributed by atoms with E-state index in [9.17, 15) is 4.79 Å². The average molecular weight is 383 g/mol. The quantitative estimate of drug-likeness (QED) is 0.701. The fourth-order valence-corrected chi connectivity index (χ4v) is 5.00. The number of Topliss-reactive ketones (excluding diaryl/α,β-unsaturated/α-hetero) is 1. The molecule has 0 atom stereocenters. The third-order valence-electron chi connectivity index (χ3n) is 5.60. The Morgan fingerprint density at radius 2 is 1.81 bits per heavy atom. The number of anilines is 1. The van der Waals surface area contributed by atoms with E-state index in [1.54, 1.807) is 7.11 Å². The zero-order valence-corrected chi connectivity index (χ0v) is 16.6. The van der Waals surface area contributed by atoms with E-state index in [-0.39, 0.29) is 11.7 Å². The Balaban J connectivity index is 1.26. The molecule has 4 rings (SSSR count). The number of thioether (sulfide) groups is 1. The lowest BCUT2D eigenvalue weighted by Crippen LogP contribution is -2.40. The lowest BCUT2D eigenvalue weighted by atomic mass is 9.89. The Kier molecular flexibility index (Phi) is 5.69. The molecule has 27 heavy (non-hydrogen) atoms. The standard InChI is InChI=1S/C22H26N2O2S/c1-26-19-8-6-17(7-9-19)22(25)18-10-12-23(13-11-18)14-15-24-16-27-21-5-3-2-4-20(21)24/h2-9,18H,10-16H2,1H3. The molecular weight excluding hydrogens is 356 g/mol. The number of ether oxygens (including phenoxy) is 1. The molecule has 1 saturated heterocycles. The molecule has 2 aromatic rings. The van der Waals surface area contributed by atoms with Crippen LogP contribution < -0.4 is 9.64 Å². The summed E-state index contributed by atoms with van der Waals surface area (Å²) in [6.45, 7) is 4.14. The van der Waals surface area contributed by atoms with Gasteiger partial charge in [-0.1, -0.05) is 12.1 Å². The maximum Gasteiger partial charge on any atom is 0.166 e. The van der Waals surface area contributed by atoms with Crippen LogP contribution in [0.15, 0.2) is 53.4 Å². The molecule has 5 heteroatoms. The molecule has 2 aliphatic heterocycles. The summed E-state index contributed by atoms with van der Waals surface area (Å²) in [6.07, 6.45) is 1.91. The van der Waals surface area contributed by atoms with E-state index in [4.69, 9.17) is 4.74 Å². The van der Waals surface area contributed by atoms with Crippen LogP contribution in [-0.4, -0.2) is 49.8 Å². The van der Waals surface area contributed by atoms with Gasteiger partial charge in [0.25, 0.3) is 0 Å². The van der Waals surface area contributed by atoms with Crippen molar-refractivity contribution in [1.29, 1.82) is 0 Å². The highest BCUT2D eigenvalue weighted by Gasteiger charge is 2.26. The minimum absolute atomic E-state index is 0.151. The molecule has 2 aromatic carbocycles. The maximum absolute atomic E-state index is 12.7. The summed E-state index contributed by atoms with van der Waals surface area (Å²) >= 11 is 1.92. The first-order valence-electron chi connectivity index (χ1n) is 9.62. The summed E-state index contributed by atoms with van der Waals surface area (Å²) in [5.41, 5.74) is 2.17. The van der Waals surface area contributed by atoms with Crippen LogP contribution in [0.4, 0.5) is 5.69 Å². The van der Waals surface area contributed by atoms with Gasteiger partial charge in [-0.2, -0.15) is 0 Å². The normalized spacial score (nSPS) is 17.7. The average Bonchev–Trinajstić information content (AvgIpc) is 3.15. The summed E-state index contributed by atoms with van der Waals surface area (Å²) in [5.74, 6) is 2.27. The van der Waals surface area contributed by atoms with Gasteiger partial charge in [-0.05, 0) is 62.3 Å². The number of rotatable bonds is 6. The molecule has 0 saturated carbocycles. The number of para-hydroxylation sites is 1. The van der Waals surface area contributed by atoms with E-state index in [1.807, 2.05) is 36.0 Å². The van der Waals surface area contributed by atoms with Crippen molar-refractivity contribution in [3.63, 3.8) is 0 Å². The topological polar surface area (TPSA) is 32.8 Å². The lowest BCUT2D eigenvalue weighted by Gasteiger charge is -2.32. The summed E-state index contributed by atoms with van der Waals surface area (Å²) < 4.78 is 5.18. The van der Waals surface area contributed by atoms with E-state index in [2.05, 4.69) is 34.1 Å². The van der Waals surface area contributed by atoms with Gasteiger partial charge in [0.1, 0.15) is 5.75 Å². The highest BCUT2D eigenvalue weighted by atomic mass is 32.2. The first-order valence-corrected chi connectivity index (χ1v) is 10.6. The Morgan fingerprint density at radius 3 is 2.56 bits per heavy atom. The molecule has 0 amide bonds. The van der Waals surface area contributed by atoms with Gasteiger partial charge in [0.2, 0.25) is 0 Å². The van der Waals surface area contributed by atoms with Gasteiger partial charge < -0.3 is 14.5 Å². The van der Waals surface area contributed by atoms with Crippen LogP contribution in [0.25, 0.3) is 0 Å². The molecule has 0 bridgehead atoms. The molecule has 0 spiro atoms. The van der Waals surface area contributed by atoms with E-state index in [1.165, 1.54) is 10.6 Å². The van der Waals surface area contributed by atoms with Crippen LogP contribution in [0, 0.1) is 5.92 Å². The number of ketones is 1. The van der Waals surface area contributed by atoms with E-state index < -0.39 is 0 Å². The third kappa shape index (κ3) is 4.14. The van der Waals surface area contributed by atoms with Crippen molar-refractivity contribution in [3.05, 3.63) is 54.1 Å². The van der Waals surface area contributed by atoms with Crippen LogP contribution >= 0.6 is 11.8 Å². The smallest absolute Gasteiger partial charge is 0.166 e. The predicted molar refractivity (Wildman–Crippen MR) is 111 cm³/mol. The molecule has 2 aliphatic rings. The highest BCUT2D eigenvalue weighted by Crippen LogP contribution is 2.37. The number of hydrogen-bond acceptors (Lipinski definition) is 5. The number of benzene rings is 2. The number of nitrogens with zero attached hydrogens (tertiary/aromatic N) is 2. The second-order valence-corrected chi connectivity index (χ2v) is 8.20. The van der Waals surface area contributed by atoms with Crippen molar-refractivity contribution in [3.8, 4) is 5.75 Å². The fourth-order valence-electron chi connectivity index (χ4n) is 3.91. The SMILES string of the molecule is COc1ccc(C(=O)C2CCN(CCN3CSc4ccccc43)CC2)cc1. The highest BCUT2D eigenvalue weighted by molar-refractivity contribution is 7.99. The molecule has 0 radical (unpaired) electrons. The number of fused-ring (bicyclic) bond motifs is 1. The van der Waals surface area contributed by atoms with Crippen LogP contribution in [0.1, 0.15) is 23.2 Å². The second-order valence-electron chi connectivity index (χ2n) is 7.21. The van der Waals surface area contributed by atoms with Crippen molar-refractivity contribution in [2.75, 3.05) is 44.1 Å². The van der Waals surface area contributed by atoms with E-state index >= 15 is 0 Å². The number of methoxy groups -OCH3 is 1. The molecule has 142 valence electrons. The predicted octanol–water partition coefficient (Wildman–Crippen LogP) is 4.16. The minimum atomic E-state index is 0.151. The van der Waals surface area contributed by atoms with E-state index in [0.717, 1.165) is 56.2 Å². The summed E-state index contributed by atoms with van der Waals surface area (Å²) in [7, 11) is 1.64. The van der Waals surface area contributed by atoms with Gasteiger partial charge in [0.05, 0.1) is 18.7 Å². The zero-order chi connectivity index (χ0) is 18.6. The third-order valence-corrected chi connectivity index (χ3v) is 6.70. The fraction of sp³-hybridized carbons (Fsp3) is 0.409. The number of likely N-dealkylation sites (tertiary alicyclic amines) is 1. The molecular formula is C22H26N2O2S. The van der Waals surface area contributed by atoms with Crippen LogP contribution in [0.3, 0.4) is 0 Å². The molecule has 0 aromatic heterocycles. The lowest BCUT2D eigenvalue weighted by molar-refractivity contribution is 0.0842. The molecule has 0 aliphatic carbocycles. The Morgan fingerprint density at radius 1 is 1.07 bits per heavy atom. The number of carbonyl (C=O) groups excluding carboxylic acids is 1. The Hall–Kier alpha value is -1.98. The molecule has 1 fully saturated rings. The van der Waals surface area contributed by atoms with Crippen molar-refractivity contribution in [2.24, 2.45) is 5.92 Å². The second kappa shape index (κ2) is 8.36. The first kappa shape index (κ1) is 18.4. The Labute approximate surface area is 165 Å². The van der Waals surface area contributed by atoms with E-state index in [0.29, 0.717) is 0 Å². The van der Waals surface area contributed by atoms with Gasteiger partial charge in [-0.3, -0.25) is 4.79 Å². The molecule has 0 N–H and O–H groups in total. The van der Waals surface area contributed by atoms with Crippen LogP contribution in [0.2, 0.25) is 0 Å². The minimum Gasteiger partial charge on any atom is -0.497 e. The summed E-state index contributed by atoms with van der Waals surface area (Å²) in [4.78, 5) is 19.1. The van der Waals surface area contributed by atoms with Crippen LogP contribution in [-0.2, 0) is 0 Å². The van der Waals surface area contributed by atoms with Crippen LogP contribution in [0.5, 0.6) is 5.75 Å². The monoisotopic (exact) mass is 382 g/mol. The van der Waals surface area contributed by atoms with Crippen molar-refractivity contribution < 1.29 is 9.53 Å². The number of hydrogen-bond donors (Lipinski definition) is 0. The molecule has 2 heterocycles. The van der Waals surface area contributed by atoms with Crippen molar-refractivity contribution in [2.45, 2.75) is 17.7 Å². The molecule has 0 unspecified atom stereocenters.